The molecule has 8 nitrogen and oxygen atoms in total. The number of hydrogen-bond donors (Lipinski definition) is 3. The van der Waals surface area contributed by atoms with E-state index in [0.29, 0.717) is 12.1 Å². The number of hydrogen-bond acceptors (Lipinski definition) is 4. The van der Waals surface area contributed by atoms with Crippen LogP contribution in [0.25, 0.3) is 0 Å². The average Bonchev–Trinajstić information content (AvgIpc) is 2.83. The van der Waals surface area contributed by atoms with Crippen LogP contribution in [0.2, 0.25) is 0 Å². The summed E-state index contributed by atoms with van der Waals surface area (Å²) in [7, 11) is 0. The summed E-state index contributed by atoms with van der Waals surface area (Å²) in [5.41, 5.74) is 2.57. The molecule has 1 saturated heterocycles. The maximum atomic E-state index is 12.9. The van der Waals surface area contributed by atoms with Gasteiger partial charge in [-0.25, -0.2) is 4.79 Å². The molecule has 1 heterocycles. The number of benzene rings is 2. The molecule has 1 fully saturated rings. The third-order valence-corrected chi connectivity index (χ3v) is 5.84. The predicted molar refractivity (Wildman–Crippen MR) is 128 cm³/mol. The zero-order valence-electron chi connectivity index (χ0n) is 19.0. The standard InChI is InChI=1S/C25H32N4O4/c1-2-23(30)29(22-10-6-9-20(17-22)27-25(33)26-18-24(31)32)21-12-15-28(16-13-21)14-11-19-7-4-3-5-8-19/h3-10,17,21H,2,11-16,18H2,1H3,(H,31,32)(H2,26,27,33). The van der Waals surface area contributed by atoms with E-state index in [1.54, 1.807) is 18.2 Å². The number of anilines is 2. The van der Waals surface area contributed by atoms with Crippen molar-refractivity contribution in [1.29, 1.82) is 0 Å². The van der Waals surface area contributed by atoms with E-state index in [0.717, 1.165) is 44.6 Å². The van der Waals surface area contributed by atoms with Gasteiger partial charge in [0.15, 0.2) is 0 Å². The summed E-state index contributed by atoms with van der Waals surface area (Å²) < 4.78 is 0. The topological polar surface area (TPSA) is 102 Å². The summed E-state index contributed by atoms with van der Waals surface area (Å²) in [4.78, 5) is 39.7. The highest BCUT2D eigenvalue weighted by atomic mass is 16.4. The Kier molecular flexibility index (Phi) is 8.83. The number of rotatable bonds is 9. The Balaban J connectivity index is 1.61. The first-order chi connectivity index (χ1) is 16.0. The average molecular weight is 453 g/mol. The van der Waals surface area contributed by atoms with E-state index in [9.17, 15) is 14.4 Å². The van der Waals surface area contributed by atoms with Crippen LogP contribution in [0.15, 0.2) is 54.6 Å². The highest BCUT2D eigenvalue weighted by Gasteiger charge is 2.28. The summed E-state index contributed by atoms with van der Waals surface area (Å²) in [6.07, 6.45) is 3.18. The lowest BCUT2D eigenvalue weighted by Crippen LogP contribution is -2.48. The molecule has 0 atom stereocenters. The van der Waals surface area contributed by atoms with Crippen molar-refractivity contribution in [2.24, 2.45) is 0 Å². The fraction of sp³-hybridized carbons (Fsp3) is 0.400. The van der Waals surface area contributed by atoms with E-state index in [2.05, 4.69) is 39.8 Å². The van der Waals surface area contributed by atoms with E-state index in [1.807, 2.05) is 24.0 Å². The Labute approximate surface area is 194 Å². The molecule has 1 aliphatic rings. The van der Waals surface area contributed by atoms with Crippen molar-refractivity contribution in [1.82, 2.24) is 10.2 Å². The Morgan fingerprint density at radius 2 is 1.79 bits per heavy atom. The molecule has 0 bridgehead atoms. The van der Waals surface area contributed by atoms with Gasteiger partial charge in [-0.2, -0.15) is 0 Å². The molecule has 0 unspecified atom stereocenters. The van der Waals surface area contributed by atoms with Gasteiger partial charge in [-0.3, -0.25) is 9.59 Å². The van der Waals surface area contributed by atoms with Crippen LogP contribution >= 0.6 is 0 Å². The van der Waals surface area contributed by atoms with E-state index < -0.39 is 18.5 Å². The monoisotopic (exact) mass is 452 g/mol. The minimum absolute atomic E-state index is 0.0465. The van der Waals surface area contributed by atoms with Gasteiger partial charge in [-0.1, -0.05) is 43.3 Å². The molecule has 0 aliphatic carbocycles. The largest absolute Gasteiger partial charge is 0.480 e. The summed E-state index contributed by atoms with van der Waals surface area (Å²) in [5, 5.41) is 13.6. The van der Waals surface area contributed by atoms with Gasteiger partial charge in [0.2, 0.25) is 5.91 Å². The zero-order chi connectivity index (χ0) is 23.6. The number of carbonyl (C=O) groups is 3. The van der Waals surface area contributed by atoms with Crippen molar-refractivity contribution >= 4 is 29.3 Å². The summed E-state index contributed by atoms with van der Waals surface area (Å²) >= 11 is 0. The molecule has 0 spiro atoms. The second-order valence-electron chi connectivity index (χ2n) is 8.18. The fourth-order valence-corrected chi connectivity index (χ4v) is 4.13. The Morgan fingerprint density at radius 3 is 2.45 bits per heavy atom. The first-order valence-electron chi connectivity index (χ1n) is 11.4. The minimum Gasteiger partial charge on any atom is -0.480 e. The number of amides is 3. The lowest BCUT2D eigenvalue weighted by atomic mass is 10.0. The van der Waals surface area contributed by atoms with Crippen LogP contribution in [0.4, 0.5) is 16.2 Å². The van der Waals surface area contributed by atoms with Crippen LogP contribution in [0.3, 0.4) is 0 Å². The number of carbonyl (C=O) groups excluding carboxylic acids is 2. The van der Waals surface area contributed by atoms with Crippen molar-refractivity contribution in [2.45, 2.75) is 38.6 Å². The molecule has 33 heavy (non-hydrogen) atoms. The molecule has 3 amide bonds. The van der Waals surface area contributed by atoms with Crippen molar-refractivity contribution in [3.05, 3.63) is 60.2 Å². The predicted octanol–water partition coefficient (Wildman–Crippen LogP) is 3.34. The van der Waals surface area contributed by atoms with Crippen LogP contribution in [0.1, 0.15) is 31.7 Å². The van der Waals surface area contributed by atoms with Crippen molar-refractivity contribution in [3.63, 3.8) is 0 Å². The van der Waals surface area contributed by atoms with E-state index in [1.165, 1.54) is 5.56 Å². The van der Waals surface area contributed by atoms with Gasteiger partial charge in [0, 0.05) is 43.5 Å². The lowest BCUT2D eigenvalue weighted by Gasteiger charge is -2.38. The molecule has 3 rings (SSSR count). The molecule has 8 heteroatoms. The van der Waals surface area contributed by atoms with E-state index >= 15 is 0 Å². The quantitative estimate of drug-likeness (QED) is 0.542. The van der Waals surface area contributed by atoms with Crippen LogP contribution in [0, 0.1) is 0 Å². The third kappa shape index (κ3) is 7.32. The molecule has 1 aliphatic heterocycles. The maximum absolute atomic E-state index is 12.9. The summed E-state index contributed by atoms with van der Waals surface area (Å²) in [5.74, 6) is -1.07. The smallest absolute Gasteiger partial charge is 0.323 e. The van der Waals surface area contributed by atoms with Gasteiger partial charge in [-0.05, 0) is 43.0 Å². The first-order valence-corrected chi connectivity index (χ1v) is 11.4. The second kappa shape index (κ2) is 12.0. The maximum Gasteiger partial charge on any atom is 0.323 e. The highest BCUT2D eigenvalue weighted by molar-refractivity contribution is 5.96. The van der Waals surface area contributed by atoms with Crippen LogP contribution in [-0.4, -0.2) is 60.1 Å². The molecule has 0 radical (unpaired) electrons. The Bertz CT molecular complexity index is 942. The van der Waals surface area contributed by atoms with Gasteiger partial charge < -0.3 is 25.5 Å². The molecule has 3 N–H and O–H groups in total. The number of likely N-dealkylation sites (tertiary alicyclic amines) is 1. The minimum atomic E-state index is -1.12. The number of urea groups is 1. The molecule has 176 valence electrons. The number of carboxylic acids is 1. The van der Waals surface area contributed by atoms with Crippen molar-refractivity contribution < 1.29 is 19.5 Å². The molecule has 2 aromatic carbocycles. The Morgan fingerprint density at radius 1 is 1.06 bits per heavy atom. The molecule has 0 aromatic heterocycles. The molecular formula is C25H32N4O4. The second-order valence-corrected chi connectivity index (χ2v) is 8.18. The van der Waals surface area contributed by atoms with Crippen LogP contribution < -0.4 is 15.5 Å². The van der Waals surface area contributed by atoms with Crippen LogP contribution in [-0.2, 0) is 16.0 Å². The van der Waals surface area contributed by atoms with E-state index in [-0.39, 0.29) is 11.9 Å². The van der Waals surface area contributed by atoms with Gasteiger partial charge in [0.1, 0.15) is 6.54 Å². The van der Waals surface area contributed by atoms with Gasteiger partial charge >= 0.3 is 12.0 Å². The number of nitrogens with zero attached hydrogens (tertiary/aromatic N) is 2. The number of nitrogens with one attached hydrogen (secondary N) is 2. The Hall–Kier alpha value is -3.39. The molecular weight excluding hydrogens is 420 g/mol. The summed E-state index contributed by atoms with van der Waals surface area (Å²) in [6.45, 7) is 4.25. The number of carboxylic acid groups (broad SMARTS) is 1. The van der Waals surface area contributed by atoms with Gasteiger partial charge in [-0.15, -0.1) is 0 Å². The number of piperidine rings is 1. The van der Waals surface area contributed by atoms with E-state index in [4.69, 9.17) is 5.11 Å². The normalized spacial score (nSPS) is 14.5. The van der Waals surface area contributed by atoms with Crippen LogP contribution in [0.5, 0.6) is 0 Å². The summed E-state index contributed by atoms with van der Waals surface area (Å²) in [6, 6.07) is 17.1. The fourth-order valence-electron chi connectivity index (χ4n) is 4.13. The molecule has 0 saturated carbocycles. The highest BCUT2D eigenvalue weighted by Crippen LogP contribution is 2.27. The first kappa shape index (κ1) is 24.3. The van der Waals surface area contributed by atoms with Crippen molar-refractivity contribution in [3.8, 4) is 0 Å². The van der Waals surface area contributed by atoms with Gasteiger partial charge in [0.05, 0.1) is 0 Å². The third-order valence-electron chi connectivity index (χ3n) is 5.84. The number of aliphatic carboxylic acids is 1. The van der Waals surface area contributed by atoms with Gasteiger partial charge in [0.25, 0.3) is 0 Å². The van der Waals surface area contributed by atoms with Crippen molar-refractivity contribution in [2.75, 3.05) is 36.4 Å². The lowest BCUT2D eigenvalue weighted by molar-refractivity contribution is -0.135. The zero-order valence-corrected chi connectivity index (χ0v) is 19.0. The SMILES string of the molecule is CCC(=O)N(c1cccc(NC(=O)NCC(=O)O)c1)C1CCN(CCc2ccccc2)CC1. The molecule has 2 aromatic rings.